The topological polar surface area (TPSA) is 36.9 Å². The molecule has 0 amide bonds. The summed E-state index contributed by atoms with van der Waals surface area (Å²) < 4.78 is 22.5. The van der Waals surface area contributed by atoms with E-state index in [1.807, 2.05) is 26.2 Å². The van der Waals surface area contributed by atoms with Crippen molar-refractivity contribution in [1.29, 1.82) is 0 Å². The van der Waals surface area contributed by atoms with Gasteiger partial charge in [0.15, 0.2) is 0 Å². The van der Waals surface area contributed by atoms with Gasteiger partial charge in [-0.05, 0) is 26.2 Å². The van der Waals surface area contributed by atoms with Crippen LogP contribution in [-0.4, -0.2) is 37.1 Å². The molecule has 0 aliphatic carbocycles. The first-order valence-electron chi connectivity index (χ1n) is 3.97. The molecule has 1 saturated heterocycles. The van der Waals surface area contributed by atoms with Crippen LogP contribution in [0.25, 0.3) is 0 Å². The van der Waals surface area contributed by atoms with Crippen molar-refractivity contribution in [3.05, 3.63) is 0 Å². The Morgan fingerprint density at radius 3 is 1.17 bits per heavy atom. The standard InChI is InChI=1S/C4H16O4Si4/c1-11(2)5-9-7-12(3,4)8-10-6-11/h9-10H2,1-4H3. The highest BCUT2D eigenvalue weighted by atomic mass is 28.5. The molecule has 0 atom stereocenters. The number of hydrogen-bond acceptors (Lipinski definition) is 4. The second-order valence-corrected chi connectivity index (χ2v) is 14.3. The molecule has 4 nitrogen and oxygen atoms in total. The van der Waals surface area contributed by atoms with Crippen LogP contribution in [0.5, 0.6) is 0 Å². The maximum atomic E-state index is 5.63. The molecule has 0 aromatic heterocycles. The van der Waals surface area contributed by atoms with Gasteiger partial charge in [-0.2, -0.15) is 0 Å². The fraction of sp³-hybridized carbons (Fsp3) is 1.00. The lowest BCUT2D eigenvalue weighted by molar-refractivity contribution is 0.290. The summed E-state index contributed by atoms with van der Waals surface area (Å²) in [6.07, 6.45) is 0. The van der Waals surface area contributed by atoms with Crippen molar-refractivity contribution < 1.29 is 16.5 Å². The summed E-state index contributed by atoms with van der Waals surface area (Å²) in [4.78, 5) is 0. The molecule has 72 valence electrons. The van der Waals surface area contributed by atoms with E-state index in [2.05, 4.69) is 0 Å². The van der Waals surface area contributed by atoms with Crippen molar-refractivity contribution >= 4 is 37.1 Å². The van der Waals surface area contributed by atoms with E-state index < -0.39 is 37.1 Å². The van der Waals surface area contributed by atoms with Gasteiger partial charge in [0.1, 0.15) is 0 Å². The largest absolute Gasteiger partial charge is 0.420 e. The highest BCUT2D eigenvalue weighted by Crippen LogP contribution is 2.12. The molecule has 0 N–H and O–H groups in total. The third-order valence-corrected chi connectivity index (χ3v) is 14.6. The fourth-order valence-electron chi connectivity index (χ4n) is 0.710. The zero-order valence-corrected chi connectivity index (χ0v) is 12.9. The monoisotopic (exact) mass is 240 g/mol. The van der Waals surface area contributed by atoms with Gasteiger partial charge < -0.3 is 16.5 Å². The molecule has 1 heterocycles. The first-order valence-corrected chi connectivity index (χ1v) is 11.9. The maximum absolute atomic E-state index is 5.63. The van der Waals surface area contributed by atoms with Crippen LogP contribution in [0.3, 0.4) is 0 Å². The van der Waals surface area contributed by atoms with Crippen LogP contribution in [0, 0.1) is 0 Å². The van der Waals surface area contributed by atoms with Gasteiger partial charge in [0.25, 0.3) is 20.0 Å². The molecule has 8 heteroatoms. The molecule has 0 bridgehead atoms. The zero-order chi connectivity index (χ0) is 9.24. The average Bonchev–Trinajstić information content (AvgIpc) is 1.82. The lowest BCUT2D eigenvalue weighted by Gasteiger charge is -2.32. The van der Waals surface area contributed by atoms with Crippen molar-refractivity contribution in [2.45, 2.75) is 26.2 Å². The molecule has 1 rings (SSSR count). The third-order valence-electron chi connectivity index (χ3n) is 1.63. The molecule has 0 radical (unpaired) electrons. The molecule has 0 aromatic carbocycles. The second kappa shape index (κ2) is 3.84. The third kappa shape index (κ3) is 3.61. The Morgan fingerprint density at radius 1 is 0.667 bits per heavy atom. The van der Waals surface area contributed by atoms with Crippen molar-refractivity contribution in [2.75, 3.05) is 0 Å². The van der Waals surface area contributed by atoms with E-state index in [1.165, 1.54) is 0 Å². The van der Waals surface area contributed by atoms with Gasteiger partial charge in [-0.15, -0.1) is 0 Å². The Kier molecular flexibility index (Phi) is 3.45. The first kappa shape index (κ1) is 10.8. The lowest BCUT2D eigenvalue weighted by Crippen LogP contribution is -2.48. The lowest BCUT2D eigenvalue weighted by atomic mass is 11.9. The summed E-state index contributed by atoms with van der Waals surface area (Å²) in [7, 11) is -5.40. The molecular weight excluding hydrogens is 224 g/mol. The minimum Gasteiger partial charge on any atom is -0.420 e. The summed E-state index contributed by atoms with van der Waals surface area (Å²) in [5.41, 5.74) is 0. The van der Waals surface area contributed by atoms with Crippen molar-refractivity contribution in [1.82, 2.24) is 0 Å². The van der Waals surface area contributed by atoms with Gasteiger partial charge in [-0.3, -0.25) is 0 Å². The summed E-state index contributed by atoms with van der Waals surface area (Å²) in [6.45, 7) is 8.17. The van der Waals surface area contributed by atoms with E-state index in [0.717, 1.165) is 0 Å². The molecule has 0 aromatic rings. The van der Waals surface area contributed by atoms with Gasteiger partial charge in [0.05, 0.1) is 0 Å². The summed E-state index contributed by atoms with van der Waals surface area (Å²) in [5, 5.41) is 0. The van der Waals surface area contributed by atoms with Crippen LogP contribution in [0.1, 0.15) is 0 Å². The predicted molar refractivity (Wildman–Crippen MR) is 56.4 cm³/mol. The van der Waals surface area contributed by atoms with E-state index in [9.17, 15) is 0 Å². The highest BCUT2D eigenvalue weighted by molar-refractivity contribution is 6.78. The quantitative estimate of drug-likeness (QED) is 0.534. The summed E-state index contributed by atoms with van der Waals surface area (Å²) >= 11 is 0. The van der Waals surface area contributed by atoms with E-state index in [1.54, 1.807) is 0 Å². The Morgan fingerprint density at radius 2 is 0.917 bits per heavy atom. The van der Waals surface area contributed by atoms with E-state index >= 15 is 0 Å². The second-order valence-electron chi connectivity index (χ2n) is 3.61. The predicted octanol–water partition coefficient (Wildman–Crippen LogP) is -0.532. The Balaban J connectivity index is 2.45. The van der Waals surface area contributed by atoms with Crippen LogP contribution in [0.4, 0.5) is 0 Å². The minimum absolute atomic E-state index is 0.861. The zero-order valence-electron chi connectivity index (χ0n) is 8.05. The minimum atomic E-state index is -1.84. The molecular formula is C4H16O4Si4. The first-order chi connectivity index (χ1) is 5.41. The van der Waals surface area contributed by atoms with Crippen molar-refractivity contribution in [2.24, 2.45) is 0 Å². The van der Waals surface area contributed by atoms with Gasteiger partial charge in [-0.25, -0.2) is 0 Å². The smallest absolute Gasteiger partial charge is 0.313 e. The number of hydrogen-bond donors (Lipinski definition) is 0. The van der Waals surface area contributed by atoms with Crippen LogP contribution in [-0.2, 0) is 16.5 Å². The highest BCUT2D eigenvalue weighted by Gasteiger charge is 2.32. The molecule has 0 unspecified atom stereocenters. The number of rotatable bonds is 0. The van der Waals surface area contributed by atoms with Gasteiger partial charge in [-0.1, -0.05) is 0 Å². The van der Waals surface area contributed by atoms with E-state index in [4.69, 9.17) is 16.5 Å². The Hall–Kier alpha value is 0.708. The average molecular weight is 241 g/mol. The van der Waals surface area contributed by atoms with E-state index in [-0.39, 0.29) is 0 Å². The van der Waals surface area contributed by atoms with Crippen molar-refractivity contribution in [3.63, 3.8) is 0 Å². The molecule has 0 spiro atoms. The van der Waals surface area contributed by atoms with Crippen LogP contribution in [0.2, 0.25) is 26.2 Å². The summed E-state index contributed by atoms with van der Waals surface area (Å²) in [6, 6.07) is 0. The van der Waals surface area contributed by atoms with Crippen LogP contribution >= 0.6 is 0 Å². The van der Waals surface area contributed by atoms with E-state index in [0.29, 0.717) is 0 Å². The normalized spacial score (nSPS) is 33.0. The maximum Gasteiger partial charge on any atom is 0.313 e. The van der Waals surface area contributed by atoms with Crippen LogP contribution < -0.4 is 0 Å². The Bertz CT molecular complexity index is 131. The van der Waals surface area contributed by atoms with Crippen LogP contribution in [0.15, 0.2) is 0 Å². The molecule has 1 aliphatic heterocycles. The molecule has 1 aliphatic rings. The van der Waals surface area contributed by atoms with Gasteiger partial charge in [0, 0.05) is 0 Å². The van der Waals surface area contributed by atoms with Crippen molar-refractivity contribution in [3.8, 4) is 0 Å². The fourth-order valence-corrected chi connectivity index (χ4v) is 8.95. The van der Waals surface area contributed by atoms with Gasteiger partial charge >= 0.3 is 17.1 Å². The Labute approximate surface area is 80.2 Å². The molecule has 1 fully saturated rings. The molecule has 0 saturated carbocycles. The summed E-state index contributed by atoms with van der Waals surface area (Å²) in [5.74, 6) is 0. The molecule has 12 heavy (non-hydrogen) atoms. The van der Waals surface area contributed by atoms with Gasteiger partial charge in [0.2, 0.25) is 0 Å². The SMILES string of the molecule is C[Si]1(C)O[SiH2]O[Si](C)(C)O[SiH2]O1.